The number of hydrogen-bond acceptors (Lipinski definition) is 5. The summed E-state index contributed by atoms with van der Waals surface area (Å²) >= 11 is 0. The Balaban J connectivity index is 5.70. The molecule has 0 spiro atoms. The molecular formula is C25H42N4O3S. The van der Waals surface area contributed by atoms with E-state index in [0.717, 1.165) is 19.4 Å². The van der Waals surface area contributed by atoms with Gasteiger partial charge in [0.2, 0.25) is 5.91 Å². The van der Waals surface area contributed by atoms with E-state index in [1.165, 1.54) is 0 Å². The molecule has 0 rings (SSSR count). The van der Waals surface area contributed by atoms with Crippen molar-refractivity contribution in [1.82, 2.24) is 15.5 Å². The molecule has 2 unspecified atom stereocenters. The van der Waals surface area contributed by atoms with E-state index in [1.807, 2.05) is 32.7 Å². The highest BCUT2D eigenvalue weighted by Gasteiger charge is 2.19. The van der Waals surface area contributed by atoms with Gasteiger partial charge in [0.05, 0.1) is 11.3 Å². The van der Waals surface area contributed by atoms with Crippen LogP contribution in [0.3, 0.4) is 0 Å². The number of rotatable bonds is 15. The summed E-state index contributed by atoms with van der Waals surface area (Å²) in [6.45, 7) is 12.2. The molecule has 0 aliphatic carbocycles. The largest absolute Gasteiger partial charge is 0.342 e. The van der Waals surface area contributed by atoms with Crippen molar-refractivity contribution in [3.63, 3.8) is 0 Å². The monoisotopic (exact) mass is 478 g/mol. The van der Waals surface area contributed by atoms with Crippen LogP contribution in [-0.2, 0) is 20.4 Å². The number of amides is 2. The van der Waals surface area contributed by atoms with Gasteiger partial charge in [-0.1, -0.05) is 38.2 Å². The Kier molecular flexibility index (Phi) is 17.9. The molecule has 8 heteroatoms. The van der Waals surface area contributed by atoms with Gasteiger partial charge in [-0.25, -0.2) is 0 Å². The second-order valence-corrected chi connectivity index (χ2v) is 9.13. The van der Waals surface area contributed by atoms with Crippen molar-refractivity contribution < 1.29 is 13.8 Å². The molecule has 0 aromatic rings. The molecule has 0 aliphatic heterocycles. The minimum absolute atomic E-state index is 0.0507. The molecule has 0 heterocycles. The Hall–Kier alpha value is -2.24. The molecule has 2 N–H and O–H groups in total. The molecule has 0 bridgehead atoms. The molecule has 186 valence electrons. The van der Waals surface area contributed by atoms with Gasteiger partial charge in [-0.05, 0) is 46.5 Å². The van der Waals surface area contributed by atoms with Crippen LogP contribution in [0.5, 0.6) is 0 Å². The van der Waals surface area contributed by atoms with E-state index >= 15 is 0 Å². The maximum atomic E-state index is 12.8. The molecule has 0 fully saturated rings. The first-order valence-corrected chi connectivity index (χ1v) is 13.3. The van der Waals surface area contributed by atoms with Crippen molar-refractivity contribution in [3.05, 3.63) is 23.9 Å². The fourth-order valence-electron chi connectivity index (χ4n) is 2.86. The molecule has 33 heavy (non-hydrogen) atoms. The standard InChI is InChI=1S/C25H42N4O3S/c1-7-11-17-33(32)18-12-13-22(25(31)28-14-8-2)20-23(27-9-3)21(5)19-24(30)29(10-4)16-15-26-6/h8,14,20-21,26H,7,9-11,15-19H2,1-6H3,(H,28,31). The quantitative estimate of drug-likeness (QED) is 0.215. The van der Waals surface area contributed by atoms with Crippen LogP contribution in [0.25, 0.3) is 0 Å². The van der Waals surface area contributed by atoms with Gasteiger partial charge in [-0.3, -0.25) is 18.8 Å². The zero-order chi connectivity index (χ0) is 25.1. The molecule has 0 saturated carbocycles. The summed E-state index contributed by atoms with van der Waals surface area (Å²) in [7, 11) is 0.831. The van der Waals surface area contributed by atoms with E-state index in [1.54, 1.807) is 25.3 Å². The zero-order valence-corrected chi connectivity index (χ0v) is 22.0. The summed E-state index contributed by atoms with van der Waals surface area (Å²) in [5, 5.41) is 5.74. The Morgan fingerprint density at radius 1 is 1.24 bits per heavy atom. The molecule has 0 saturated heterocycles. The lowest BCUT2D eigenvalue weighted by Crippen LogP contribution is -2.37. The first kappa shape index (κ1) is 30.8. The minimum Gasteiger partial charge on any atom is -0.342 e. The number of likely N-dealkylation sites (N-methyl/N-ethyl adjacent to an activating group) is 2. The number of allylic oxidation sites excluding steroid dienone is 2. The van der Waals surface area contributed by atoms with Crippen LogP contribution < -0.4 is 10.6 Å². The third kappa shape index (κ3) is 13.8. The van der Waals surface area contributed by atoms with Gasteiger partial charge in [0.15, 0.2) is 0 Å². The Morgan fingerprint density at radius 3 is 2.55 bits per heavy atom. The van der Waals surface area contributed by atoms with E-state index in [0.29, 0.717) is 37.5 Å². The predicted molar refractivity (Wildman–Crippen MR) is 140 cm³/mol. The molecule has 2 atom stereocenters. The van der Waals surface area contributed by atoms with Gasteiger partial charge in [-0.15, -0.1) is 0 Å². The lowest BCUT2D eigenvalue weighted by atomic mass is 9.98. The number of aliphatic imine (C=N–C) groups is 1. The van der Waals surface area contributed by atoms with E-state index in [9.17, 15) is 13.8 Å². The molecular weight excluding hydrogens is 436 g/mol. The van der Waals surface area contributed by atoms with Crippen LogP contribution in [0, 0.1) is 17.8 Å². The van der Waals surface area contributed by atoms with Crippen molar-refractivity contribution in [2.75, 3.05) is 44.7 Å². The average molecular weight is 479 g/mol. The number of hydrogen-bond donors (Lipinski definition) is 2. The topological polar surface area (TPSA) is 90.9 Å². The maximum absolute atomic E-state index is 12.8. The first-order chi connectivity index (χ1) is 15.8. The van der Waals surface area contributed by atoms with E-state index < -0.39 is 10.8 Å². The Labute approximate surface area is 203 Å². The Bertz CT molecular complexity index is 778. The summed E-state index contributed by atoms with van der Waals surface area (Å²) in [5.74, 6) is 6.12. The van der Waals surface area contributed by atoms with Crippen LogP contribution >= 0.6 is 0 Å². The minimum atomic E-state index is -1.03. The van der Waals surface area contributed by atoms with Crippen molar-refractivity contribution in [3.8, 4) is 11.8 Å². The summed E-state index contributed by atoms with van der Waals surface area (Å²) in [6.07, 6.45) is 7.09. The zero-order valence-electron chi connectivity index (χ0n) is 21.2. The molecule has 0 aromatic carbocycles. The number of nitrogens with zero attached hydrogens (tertiary/aromatic N) is 2. The summed E-state index contributed by atoms with van der Waals surface area (Å²) in [6, 6.07) is 0. The van der Waals surface area contributed by atoms with E-state index in [-0.39, 0.29) is 29.1 Å². The van der Waals surface area contributed by atoms with Crippen LogP contribution in [-0.4, -0.2) is 71.4 Å². The molecule has 7 nitrogen and oxygen atoms in total. The van der Waals surface area contributed by atoms with Gasteiger partial charge in [0, 0.05) is 60.8 Å². The average Bonchev–Trinajstić information content (AvgIpc) is 2.80. The fourth-order valence-corrected chi connectivity index (χ4v) is 3.85. The van der Waals surface area contributed by atoms with Crippen LogP contribution in [0.2, 0.25) is 0 Å². The predicted octanol–water partition coefficient (Wildman–Crippen LogP) is 2.67. The van der Waals surface area contributed by atoms with Crippen molar-refractivity contribution in [2.24, 2.45) is 10.9 Å². The number of unbranched alkanes of at least 4 members (excludes halogenated alkanes) is 1. The smallest absolute Gasteiger partial charge is 0.263 e. The highest BCUT2D eigenvalue weighted by atomic mass is 32.2. The summed E-state index contributed by atoms with van der Waals surface area (Å²) in [4.78, 5) is 31.8. The second-order valence-electron chi connectivity index (χ2n) is 7.56. The van der Waals surface area contributed by atoms with Crippen LogP contribution in [0.4, 0.5) is 0 Å². The third-order valence-electron chi connectivity index (χ3n) is 4.79. The van der Waals surface area contributed by atoms with Gasteiger partial charge in [-0.2, -0.15) is 0 Å². The fraction of sp³-hybridized carbons (Fsp3) is 0.640. The normalized spacial score (nSPS) is 13.9. The molecule has 0 aromatic heterocycles. The summed E-state index contributed by atoms with van der Waals surface area (Å²) < 4.78 is 12.1. The Morgan fingerprint density at radius 2 is 1.97 bits per heavy atom. The van der Waals surface area contributed by atoms with Crippen molar-refractivity contribution >= 4 is 28.3 Å². The maximum Gasteiger partial charge on any atom is 0.263 e. The number of carbonyl (C=O) groups excluding carboxylic acids is 2. The second kappa shape index (κ2) is 19.2. The van der Waals surface area contributed by atoms with Crippen molar-refractivity contribution in [1.29, 1.82) is 0 Å². The highest BCUT2D eigenvalue weighted by Crippen LogP contribution is 2.12. The highest BCUT2D eigenvalue weighted by molar-refractivity contribution is 7.85. The lowest BCUT2D eigenvalue weighted by molar-refractivity contribution is -0.131. The van der Waals surface area contributed by atoms with Crippen LogP contribution in [0.15, 0.2) is 28.9 Å². The number of carbonyl (C=O) groups is 2. The van der Waals surface area contributed by atoms with Gasteiger partial charge in [0.25, 0.3) is 5.91 Å². The number of nitrogens with one attached hydrogen (secondary N) is 2. The van der Waals surface area contributed by atoms with E-state index in [2.05, 4.69) is 34.4 Å². The SMILES string of the molecule is CC=CNC(=O)C(C#CCS(=O)CCCC)=CC(=NCC)C(C)CC(=O)N(CC)CCNC. The molecule has 0 aliphatic rings. The van der Waals surface area contributed by atoms with Crippen LogP contribution in [0.1, 0.15) is 53.9 Å². The van der Waals surface area contributed by atoms with Crippen molar-refractivity contribution in [2.45, 2.75) is 53.9 Å². The molecule has 2 amide bonds. The summed E-state index contributed by atoms with van der Waals surface area (Å²) in [5.41, 5.74) is 0.900. The lowest BCUT2D eigenvalue weighted by Gasteiger charge is -2.23. The van der Waals surface area contributed by atoms with E-state index in [4.69, 9.17) is 0 Å². The third-order valence-corrected chi connectivity index (χ3v) is 6.00. The van der Waals surface area contributed by atoms with Gasteiger partial charge < -0.3 is 15.5 Å². The first-order valence-electron chi connectivity index (χ1n) is 11.8. The molecule has 0 radical (unpaired) electrons. The van der Waals surface area contributed by atoms with Gasteiger partial charge >= 0.3 is 0 Å². The van der Waals surface area contributed by atoms with Gasteiger partial charge in [0.1, 0.15) is 0 Å².